The number of carbonyl (C=O) groups is 3. The normalized spacial score (nSPS) is 20.5. The second kappa shape index (κ2) is 10.4. The van der Waals surface area contributed by atoms with E-state index in [0.29, 0.717) is 11.4 Å². The zero-order valence-electron chi connectivity index (χ0n) is 17.7. The van der Waals surface area contributed by atoms with Crippen LogP contribution in [0.3, 0.4) is 0 Å². The molecule has 2 aliphatic rings. The van der Waals surface area contributed by atoms with Gasteiger partial charge in [0.25, 0.3) is 11.1 Å². The summed E-state index contributed by atoms with van der Waals surface area (Å²) >= 11 is 0.916. The van der Waals surface area contributed by atoms with Crippen LogP contribution < -0.4 is 0 Å². The van der Waals surface area contributed by atoms with Crippen molar-refractivity contribution in [2.75, 3.05) is 13.1 Å². The highest BCUT2D eigenvalue weighted by molar-refractivity contribution is 8.18. The van der Waals surface area contributed by atoms with E-state index < -0.39 is 0 Å². The van der Waals surface area contributed by atoms with Gasteiger partial charge in [-0.05, 0) is 54.3 Å². The highest BCUT2D eigenvalue weighted by Crippen LogP contribution is 2.33. The average Bonchev–Trinajstić information content (AvgIpc) is 3.11. The molecule has 4 rings (SSSR count). The molecule has 3 amide bonds. The van der Waals surface area contributed by atoms with Gasteiger partial charge < -0.3 is 4.90 Å². The van der Waals surface area contributed by atoms with E-state index in [2.05, 4.69) is 4.98 Å². The maximum Gasteiger partial charge on any atom is 0.293 e. The maximum absolute atomic E-state index is 13.0. The largest absolute Gasteiger partial charge is 0.336 e. The van der Waals surface area contributed by atoms with Crippen molar-refractivity contribution in [2.45, 2.75) is 31.7 Å². The number of benzene rings is 1. The Morgan fingerprint density at radius 3 is 2.75 bits per heavy atom. The summed E-state index contributed by atoms with van der Waals surface area (Å²) in [5, 5.41) is -0.329. The molecule has 2 fully saturated rings. The Bertz CT molecular complexity index is 1040. The Balaban J connectivity index is 1.37. The first-order chi connectivity index (χ1) is 15.6. The van der Waals surface area contributed by atoms with Gasteiger partial charge in [-0.15, -0.1) is 0 Å². The van der Waals surface area contributed by atoms with Crippen LogP contribution in [0.5, 0.6) is 0 Å². The monoisotopic (exact) mass is 447 g/mol. The Kier molecular flexibility index (Phi) is 7.17. The van der Waals surface area contributed by atoms with E-state index in [1.807, 2.05) is 53.4 Å². The first kappa shape index (κ1) is 22.0. The van der Waals surface area contributed by atoms with E-state index in [1.54, 1.807) is 24.5 Å². The Labute approximate surface area is 192 Å². The molecule has 0 bridgehead atoms. The van der Waals surface area contributed by atoms with E-state index >= 15 is 0 Å². The summed E-state index contributed by atoms with van der Waals surface area (Å²) in [7, 11) is 0. The van der Waals surface area contributed by atoms with Crippen molar-refractivity contribution in [2.24, 2.45) is 0 Å². The smallest absolute Gasteiger partial charge is 0.293 e. The molecule has 1 aromatic carbocycles. The molecule has 0 saturated carbocycles. The predicted octanol–water partition coefficient (Wildman–Crippen LogP) is 4.82. The van der Waals surface area contributed by atoms with Gasteiger partial charge in [-0.25, -0.2) is 0 Å². The fourth-order valence-electron chi connectivity index (χ4n) is 4.02. The van der Waals surface area contributed by atoms with Crippen molar-refractivity contribution >= 4 is 34.9 Å². The van der Waals surface area contributed by atoms with Crippen LogP contribution in [0.25, 0.3) is 6.08 Å². The van der Waals surface area contributed by atoms with E-state index in [9.17, 15) is 14.4 Å². The molecule has 2 saturated heterocycles. The summed E-state index contributed by atoms with van der Waals surface area (Å²) in [4.78, 5) is 45.6. The Morgan fingerprint density at radius 2 is 1.97 bits per heavy atom. The first-order valence-corrected chi connectivity index (χ1v) is 11.6. The van der Waals surface area contributed by atoms with Gasteiger partial charge in [0.15, 0.2) is 0 Å². The molecule has 0 aliphatic carbocycles. The van der Waals surface area contributed by atoms with Crippen molar-refractivity contribution in [3.63, 3.8) is 0 Å². The van der Waals surface area contributed by atoms with Gasteiger partial charge in [0.1, 0.15) is 0 Å². The van der Waals surface area contributed by atoms with Gasteiger partial charge in [-0.3, -0.25) is 24.3 Å². The number of hydrogen-bond donors (Lipinski definition) is 0. The summed E-state index contributed by atoms with van der Waals surface area (Å²) in [5.74, 6) is -0.376. The van der Waals surface area contributed by atoms with Gasteiger partial charge in [-0.1, -0.05) is 48.6 Å². The molecule has 1 atom stereocenters. The lowest BCUT2D eigenvalue weighted by molar-refractivity contribution is -0.135. The van der Waals surface area contributed by atoms with Gasteiger partial charge >= 0.3 is 0 Å². The Hall–Kier alpha value is -3.19. The maximum atomic E-state index is 13.0. The number of carbonyl (C=O) groups excluding carboxylic acids is 3. The second-order valence-corrected chi connectivity index (χ2v) is 8.75. The number of likely N-dealkylation sites (tertiary alicyclic amines) is 1. The highest BCUT2D eigenvalue weighted by Gasteiger charge is 2.36. The highest BCUT2D eigenvalue weighted by atomic mass is 32.2. The number of amides is 3. The van der Waals surface area contributed by atoms with Gasteiger partial charge in [0, 0.05) is 31.9 Å². The molecule has 32 heavy (non-hydrogen) atoms. The number of aromatic nitrogens is 1. The van der Waals surface area contributed by atoms with Crippen LogP contribution in [0.1, 0.15) is 42.9 Å². The molecule has 7 heteroatoms. The fraction of sp³-hybridized carbons (Fsp3) is 0.280. The molecule has 2 aliphatic heterocycles. The number of imide groups is 1. The molecule has 164 valence electrons. The van der Waals surface area contributed by atoms with Gasteiger partial charge in [0.2, 0.25) is 5.91 Å². The minimum Gasteiger partial charge on any atom is -0.336 e. The van der Waals surface area contributed by atoms with Crippen molar-refractivity contribution < 1.29 is 14.4 Å². The van der Waals surface area contributed by atoms with Crippen LogP contribution in [-0.2, 0) is 9.59 Å². The number of allylic oxidation sites excluding steroid dienone is 2. The summed E-state index contributed by atoms with van der Waals surface area (Å²) in [6.07, 6.45) is 11.9. The summed E-state index contributed by atoms with van der Waals surface area (Å²) in [6, 6.07) is 13.6. The molecule has 0 radical (unpaired) electrons. The topological polar surface area (TPSA) is 70.6 Å². The summed E-state index contributed by atoms with van der Waals surface area (Å²) < 4.78 is 0. The number of rotatable bonds is 6. The SMILES string of the molecule is O=C1S/C(=C\C=C\c2ccccc2)C(=O)N1CCC(=O)N1CCCCC1c1cccnc1. The number of pyridine rings is 1. The molecule has 0 N–H and O–H groups in total. The molecule has 0 spiro atoms. The molecule has 1 aromatic heterocycles. The van der Waals surface area contributed by atoms with Crippen LogP contribution >= 0.6 is 11.8 Å². The van der Waals surface area contributed by atoms with E-state index in [-0.39, 0.29) is 36.1 Å². The third-order valence-corrected chi connectivity index (χ3v) is 6.58. The third kappa shape index (κ3) is 5.16. The van der Waals surface area contributed by atoms with Crippen LogP contribution in [0.2, 0.25) is 0 Å². The quantitative estimate of drug-likeness (QED) is 0.594. The standard InChI is InChI=1S/C25H25N3O3S/c29-23(27-16-5-4-12-21(27)20-11-7-15-26-18-20)14-17-28-24(30)22(32-25(28)31)13-6-10-19-8-2-1-3-9-19/h1-3,6-11,13,15,18,21H,4-5,12,14,16-17H2/b10-6+,22-13-. The minimum absolute atomic E-state index is 0.00267. The fourth-order valence-corrected chi connectivity index (χ4v) is 4.84. The Morgan fingerprint density at radius 1 is 1.12 bits per heavy atom. The molecule has 2 aromatic rings. The molecular formula is C25H25N3O3S. The van der Waals surface area contributed by atoms with Crippen LogP contribution in [0, 0.1) is 0 Å². The number of thioether (sulfide) groups is 1. The lowest BCUT2D eigenvalue weighted by atomic mass is 9.96. The van der Waals surface area contributed by atoms with Crippen molar-refractivity contribution in [3.05, 3.63) is 83.0 Å². The molecule has 6 nitrogen and oxygen atoms in total. The van der Waals surface area contributed by atoms with Crippen LogP contribution in [0.15, 0.2) is 71.9 Å². The first-order valence-electron chi connectivity index (χ1n) is 10.8. The third-order valence-electron chi connectivity index (χ3n) is 5.65. The number of hydrogen-bond acceptors (Lipinski definition) is 5. The van der Waals surface area contributed by atoms with Gasteiger partial charge in [0.05, 0.1) is 10.9 Å². The lowest BCUT2D eigenvalue weighted by Crippen LogP contribution is -2.40. The van der Waals surface area contributed by atoms with Crippen LogP contribution in [-0.4, -0.2) is 44.9 Å². The van der Waals surface area contributed by atoms with Crippen molar-refractivity contribution in [1.29, 1.82) is 0 Å². The lowest BCUT2D eigenvalue weighted by Gasteiger charge is -2.36. The van der Waals surface area contributed by atoms with E-state index in [1.165, 1.54) is 4.90 Å². The van der Waals surface area contributed by atoms with Crippen molar-refractivity contribution in [1.82, 2.24) is 14.8 Å². The second-order valence-electron chi connectivity index (χ2n) is 7.76. The van der Waals surface area contributed by atoms with Crippen LogP contribution in [0.4, 0.5) is 4.79 Å². The van der Waals surface area contributed by atoms with Gasteiger partial charge in [-0.2, -0.15) is 0 Å². The molecule has 1 unspecified atom stereocenters. The minimum atomic E-state index is -0.340. The van der Waals surface area contributed by atoms with E-state index in [4.69, 9.17) is 0 Å². The number of nitrogens with zero attached hydrogens (tertiary/aromatic N) is 3. The average molecular weight is 448 g/mol. The van der Waals surface area contributed by atoms with E-state index in [0.717, 1.165) is 42.2 Å². The summed E-state index contributed by atoms with van der Waals surface area (Å²) in [6.45, 7) is 0.782. The predicted molar refractivity (Wildman–Crippen MR) is 125 cm³/mol. The number of piperidine rings is 1. The van der Waals surface area contributed by atoms with Crippen molar-refractivity contribution in [3.8, 4) is 0 Å². The zero-order valence-corrected chi connectivity index (χ0v) is 18.5. The summed E-state index contributed by atoms with van der Waals surface area (Å²) in [5.41, 5.74) is 2.04. The molecular weight excluding hydrogens is 422 g/mol. The zero-order chi connectivity index (χ0) is 22.3. The molecule has 3 heterocycles.